The Balaban J connectivity index is 1.60. The number of benzene rings is 1. The van der Waals surface area contributed by atoms with Crippen molar-refractivity contribution in [2.75, 3.05) is 0 Å². The van der Waals surface area contributed by atoms with Gasteiger partial charge in [0.2, 0.25) is 0 Å². The van der Waals surface area contributed by atoms with Gasteiger partial charge in [-0.1, -0.05) is 42.0 Å². The van der Waals surface area contributed by atoms with Crippen LogP contribution >= 0.6 is 22.9 Å². The number of aliphatic hydroxyl groups excluding tert-OH is 1. The van der Waals surface area contributed by atoms with E-state index in [4.69, 9.17) is 16.7 Å². The largest absolute Gasteiger partial charge is 0.477 e. The highest BCUT2D eigenvalue weighted by Gasteiger charge is 2.39. The van der Waals surface area contributed by atoms with Crippen LogP contribution in [0.15, 0.2) is 42.5 Å². The van der Waals surface area contributed by atoms with Crippen LogP contribution in [-0.4, -0.2) is 27.7 Å². The second kappa shape index (κ2) is 9.05. The standard InChI is InChI=1S/C22H25ClO3S/c1-14-4-2-5-15(12-14)8-10-18-17(19(23)13-20(18)24)7-3-6-16-9-11-21(27-16)22(25)26/h2,4-5,8-12,17-20,24H,3,6-7,13H2,1H3,(H,25,26). The van der Waals surface area contributed by atoms with E-state index in [1.807, 2.05) is 12.1 Å². The molecular formula is C22H25ClO3S. The molecule has 0 saturated heterocycles. The molecule has 3 rings (SSSR count). The molecule has 1 aliphatic carbocycles. The van der Waals surface area contributed by atoms with Crippen LogP contribution < -0.4 is 0 Å². The van der Waals surface area contributed by atoms with Gasteiger partial charge in [0.25, 0.3) is 0 Å². The van der Waals surface area contributed by atoms with Crippen molar-refractivity contribution in [2.24, 2.45) is 11.8 Å². The maximum Gasteiger partial charge on any atom is 0.345 e. The average molecular weight is 405 g/mol. The monoisotopic (exact) mass is 404 g/mol. The predicted octanol–water partition coefficient (Wildman–Crippen LogP) is 5.40. The SMILES string of the molecule is Cc1cccc(C=CC2C(O)CC(Cl)C2CCCc2ccc(C(=O)O)s2)c1. The summed E-state index contributed by atoms with van der Waals surface area (Å²) in [6.07, 6.45) is 7.13. The van der Waals surface area contributed by atoms with Gasteiger partial charge in [0.05, 0.1) is 6.10 Å². The van der Waals surface area contributed by atoms with E-state index in [2.05, 4.69) is 37.3 Å². The van der Waals surface area contributed by atoms with E-state index in [-0.39, 0.29) is 17.2 Å². The first-order chi connectivity index (χ1) is 12.9. The Morgan fingerprint density at radius 2 is 2.15 bits per heavy atom. The van der Waals surface area contributed by atoms with Crippen LogP contribution in [0.4, 0.5) is 0 Å². The Morgan fingerprint density at radius 3 is 2.85 bits per heavy atom. The van der Waals surface area contributed by atoms with Gasteiger partial charge >= 0.3 is 5.97 Å². The summed E-state index contributed by atoms with van der Waals surface area (Å²) in [4.78, 5) is 12.5. The third-order valence-electron chi connectivity index (χ3n) is 5.26. The van der Waals surface area contributed by atoms with Crippen LogP contribution in [0.1, 0.15) is 44.9 Å². The molecule has 0 spiro atoms. The summed E-state index contributed by atoms with van der Waals surface area (Å²) in [5, 5.41) is 19.4. The quantitative estimate of drug-likeness (QED) is 0.608. The molecule has 144 valence electrons. The van der Waals surface area contributed by atoms with Gasteiger partial charge in [0.15, 0.2) is 0 Å². The lowest BCUT2D eigenvalue weighted by Gasteiger charge is -2.20. The Labute approximate surface area is 169 Å². The summed E-state index contributed by atoms with van der Waals surface area (Å²) >= 11 is 7.87. The first-order valence-corrected chi connectivity index (χ1v) is 10.6. The Bertz CT molecular complexity index is 813. The van der Waals surface area contributed by atoms with Gasteiger partial charge in [-0.05, 0) is 56.2 Å². The summed E-state index contributed by atoms with van der Waals surface area (Å²) in [6.45, 7) is 2.07. The van der Waals surface area contributed by atoms with Crippen molar-refractivity contribution in [1.82, 2.24) is 0 Å². The minimum absolute atomic E-state index is 0.0231. The molecule has 4 unspecified atom stereocenters. The molecule has 0 bridgehead atoms. The zero-order valence-electron chi connectivity index (χ0n) is 15.3. The molecule has 1 fully saturated rings. The lowest BCUT2D eigenvalue weighted by Crippen LogP contribution is -2.18. The number of carbonyl (C=O) groups is 1. The second-order valence-electron chi connectivity index (χ2n) is 7.30. The molecule has 2 N–H and O–H groups in total. The van der Waals surface area contributed by atoms with Gasteiger partial charge in [-0.3, -0.25) is 0 Å². The molecule has 1 aliphatic rings. The second-order valence-corrected chi connectivity index (χ2v) is 9.03. The molecule has 2 aromatic rings. The molecule has 1 aromatic carbocycles. The third-order valence-corrected chi connectivity index (χ3v) is 6.89. The lowest BCUT2D eigenvalue weighted by molar-refractivity contribution is 0.0702. The fraction of sp³-hybridized carbons (Fsp3) is 0.409. The molecule has 1 aromatic heterocycles. The number of hydrogen-bond donors (Lipinski definition) is 2. The highest BCUT2D eigenvalue weighted by molar-refractivity contribution is 7.13. The number of aryl methyl sites for hydroxylation is 2. The van der Waals surface area contributed by atoms with E-state index < -0.39 is 12.1 Å². The number of aliphatic hydroxyl groups is 1. The van der Waals surface area contributed by atoms with Crippen LogP contribution in [-0.2, 0) is 6.42 Å². The van der Waals surface area contributed by atoms with Crippen molar-refractivity contribution in [2.45, 2.75) is 44.1 Å². The van der Waals surface area contributed by atoms with Crippen molar-refractivity contribution < 1.29 is 15.0 Å². The van der Waals surface area contributed by atoms with E-state index in [1.165, 1.54) is 16.9 Å². The van der Waals surface area contributed by atoms with Crippen LogP contribution in [0.2, 0.25) is 0 Å². The van der Waals surface area contributed by atoms with Gasteiger partial charge in [0, 0.05) is 16.2 Å². The minimum Gasteiger partial charge on any atom is -0.477 e. The number of rotatable bonds is 7. The third kappa shape index (κ3) is 5.22. The lowest BCUT2D eigenvalue weighted by atomic mass is 9.89. The summed E-state index contributed by atoms with van der Waals surface area (Å²) in [7, 11) is 0. The van der Waals surface area contributed by atoms with E-state index in [0.717, 1.165) is 29.7 Å². The van der Waals surface area contributed by atoms with E-state index >= 15 is 0 Å². The van der Waals surface area contributed by atoms with Gasteiger partial charge in [-0.15, -0.1) is 22.9 Å². The predicted molar refractivity (Wildman–Crippen MR) is 112 cm³/mol. The fourth-order valence-electron chi connectivity index (χ4n) is 3.87. The van der Waals surface area contributed by atoms with E-state index in [0.29, 0.717) is 11.3 Å². The first-order valence-electron chi connectivity index (χ1n) is 9.33. The number of halogens is 1. The molecule has 27 heavy (non-hydrogen) atoms. The highest BCUT2D eigenvalue weighted by Crippen LogP contribution is 2.40. The van der Waals surface area contributed by atoms with Gasteiger partial charge < -0.3 is 10.2 Å². The van der Waals surface area contributed by atoms with Crippen molar-refractivity contribution in [1.29, 1.82) is 0 Å². The van der Waals surface area contributed by atoms with Gasteiger partial charge in [-0.25, -0.2) is 4.79 Å². The Kier molecular flexibility index (Phi) is 6.74. The maximum atomic E-state index is 11.0. The molecule has 0 amide bonds. The number of carboxylic acids is 1. The topological polar surface area (TPSA) is 57.5 Å². The van der Waals surface area contributed by atoms with E-state index in [1.54, 1.807) is 6.07 Å². The fourth-order valence-corrected chi connectivity index (χ4v) is 5.23. The molecule has 1 saturated carbocycles. The number of aromatic carboxylic acids is 1. The molecule has 0 radical (unpaired) electrons. The van der Waals surface area contributed by atoms with Crippen molar-refractivity contribution >= 4 is 35.0 Å². The number of thiophene rings is 1. The zero-order chi connectivity index (χ0) is 19.4. The number of hydrogen-bond acceptors (Lipinski definition) is 3. The molecule has 3 nitrogen and oxygen atoms in total. The highest BCUT2D eigenvalue weighted by atomic mass is 35.5. The first kappa shape index (κ1) is 20.1. The summed E-state index contributed by atoms with van der Waals surface area (Å²) < 4.78 is 0. The number of carboxylic acid groups (broad SMARTS) is 1. The number of alkyl halides is 1. The van der Waals surface area contributed by atoms with E-state index in [9.17, 15) is 9.90 Å². The maximum absolute atomic E-state index is 11.0. The molecule has 4 atom stereocenters. The molecule has 0 aliphatic heterocycles. The Morgan fingerprint density at radius 1 is 1.33 bits per heavy atom. The summed E-state index contributed by atoms with van der Waals surface area (Å²) in [5.41, 5.74) is 2.35. The molecule has 1 heterocycles. The Hall–Kier alpha value is -1.62. The minimum atomic E-state index is -0.868. The van der Waals surface area contributed by atoms with Crippen LogP contribution in [0.25, 0.3) is 6.08 Å². The van der Waals surface area contributed by atoms with Crippen LogP contribution in [0.3, 0.4) is 0 Å². The summed E-state index contributed by atoms with van der Waals surface area (Å²) in [6, 6.07) is 11.9. The van der Waals surface area contributed by atoms with Crippen molar-refractivity contribution in [3.8, 4) is 0 Å². The van der Waals surface area contributed by atoms with Gasteiger partial charge in [-0.2, -0.15) is 0 Å². The van der Waals surface area contributed by atoms with Crippen LogP contribution in [0.5, 0.6) is 0 Å². The van der Waals surface area contributed by atoms with Crippen LogP contribution in [0, 0.1) is 18.8 Å². The smallest absolute Gasteiger partial charge is 0.345 e. The van der Waals surface area contributed by atoms with Crippen molar-refractivity contribution in [3.05, 3.63) is 63.4 Å². The summed E-state index contributed by atoms with van der Waals surface area (Å²) in [5.74, 6) is -0.570. The normalized spacial score (nSPS) is 25.3. The zero-order valence-corrected chi connectivity index (χ0v) is 16.9. The van der Waals surface area contributed by atoms with Gasteiger partial charge in [0.1, 0.15) is 4.88 Å². The molecule has 5 heteroatoms. The van der Waals surface area contributed by atoms with Crippen molar-refractivity contribution in [3.63, 3.8) is 0 Å². The molecular weight excluding hydrogens is 380 g/mol. The average Bonchev–Trinajstić information content (AvgIpc) is 3.19.